The van der Waals surface area contributed by atoms with Gasteiger partial charge in [-0.25, -0.2) is 4.79 Å². The van der Waals surface area contributed by atoms with E-state index in [9.17, 15) is 14.9 Å². The number of nitrogens with one attached hydrogen (secondary N) is 1. The van der Waals surface area contributed by atoms with Crippen molar-refractivity contribution in [3.05, 3.63) is 63.2 Å². The molecule has 6 nitrogen and oxygen atoms in total. The highest BCUT2D eigenvalue weighted by atomic mass is 35.5. The Bertz CT molecular complexity index is 762. The summed E-state index contributed by atoms with van der Waals surface area (Å²) in [5.74, 6) is 0. The fourth-order valence-corrected chi connectivity index (χ4v) is 2.74. The Morgan fingerprint density at radius 2 is 1.96 bits per heavy atom. The maximum absolute atomic E-state index is 12.5. The van der Waals surface area contributed by atoms with Gasteiger partial charge in [-0.15, -0.1) is 0 Å². The second kappa shape index (κ2) is 6.26. The number of rotatable bonds is 2. The van der Waals surface area contributed by atoms with Gasteiger partial charge in [0, 0.05) is 29.4 Å². The van der Waals surface area contributed by atoms with Gasteiger partial charge in [-0.05, 0) is 42.7 Å². The van der Waals surface area contributed by atoms with Crippen molar-refractivity contribution in [2.24, 2.45) is 0 Å². The zero-order valence-corrected chi connectivity index (χ0v) is 12.9. The molecule has 0 saturated heterocycles. The van der Waals surface area contributed by atoms with Gasteiger partial charge in [0.05, 0.1) is 10.6 Å². The molecule has 0 unspecified atom stereocenters. The number of urea groups is 1. The van der Waals surface area contributed by atoms with Crippen molar-refractivity contribution >= 4 is 34.7 Å². The average Bonchev–Trinajstić information content (AvgIpc) is 2.55. The molecule has 0 spiro atoms. The summed E-state index contributed by atoms with van der Waals surface area (Å²) in [6.45, 7) is 0.521. The largest absolute Gasteiger partial charge is 0.326 e. The molecule has 1 aliphatic heterocycles. The maximum atomic E-state index is 12.5. The van der Waals surface area contributed by atoms with Gasteiger partial charge in [0.2, 0.25) is 0 Å². The summed E-state index contributed by atoms with van der Waals surface area (Å²) in [5.41, 5.74) is 2.14. The Kier molecular flexibility index (Phi) is 4.16. The van der Waals surface area contributed by atoms with Crippen molar-refractivity contribution in [2.75, 3.05) is 16.8 Å². The lowest BCUT2D eigenvalue weighted by Gasteiger charge is -2.29. The fourth-order valence-electron chi connectivity index (χ4n) is 2.61. The predicted molar refractivity (Wildman–Crippen MR) is 89.2 cm³/mol. The first-order chi connectivity index (χ1) is 11.0. The van der Waals surface area contributed by atoms with Crippen LogP contribution in [-0.4, -0.2) is 17.5 Å². The smallest absolute Gasteiger partial charge is 0.308 e. The molecule has 0 bridgehead atoms. The van der Waals surface area contributed by atoms with Crippen molar-refractivity contribution in [3.63, 3.8) is 0 Å². The highest BCUT2D eigenvalue weighted by molar-refractivity contribution is 6.30. The van der Waals surface area contributed by atoms with Crippen molar-refractivity contribution in [1.82, 2.24) is 0 Å². The molecule has 1 heterocycles. The molecule has 1 N–H and O–H groups in total. The number of amides is 2. The summed E-state index contributed by atoms with van der Waals surface area (Å²) >= 11 is 5.82. The summed E-state index contributed by atoms with van der Waals surface area (Å²) in [5, 5.41) is 14.3. The van der Waals surface area contributed by atoms with E-state index in [0.717, 1.165) is 18.4 Å². The first kappa shape index (κ1) is 15.3. The molecule has 118 valence electrons. The van der Waals surface area contributed by atoms with Gasteiger partial charge >= 0.3 is 6.03 Å². The van der Waals surface area contributed by atoms with Gasteiger partial charge in [-0.2, -0.15) is 0 Å². The van der Waals surface area contributed by atoms with Crippen LogP contribution in [0.15, 0.2) is 42.5 Å². The lowest BCUT2D eigenvalue weighted by molar-refractivity contribution is -0.384. The van der Waals surface area contributed by atoms with Crippen LogP contribution in [-0.2, 0) is 6.42 Å². The number of nitro groups is 1. The molecule has 0 aromatic heterocycles. The number of non-ortho nitro benzene ring substituents is 1. The van der Waals surface area contributed by atoms with Crippen LogP contribution >= 0.6 is 11.6 Å². The number of fused-ring (bicyclic) bond motifs is 1. The molecule has 7 heteroatoms. The first-order valence-electron chi connectivity index (χ1n) is 7.16. The van der Waals surface area contributed by atoms with Crippen molar-refractivity contribution in [2.45, 2.75) is 12.8 Å². The highest BCUT2D eigenvalue weighted by Gasteiger charge is 2.24. The van der Waals surface area contributed by atoms with E-state index in [1.165, 1.54) is 12.1 Å². The van der Waals surface area contributed by atoms with Crippen LogP contribution in [0.5, 0.6) is 0 Å². The molecule has 23 heavy (non-hydrogen) atoms. The SMILES string of the molecule is O=C(Nc1ccc(Cl)cc1)N1CCCc2ccc([N+](=O)[O-])cc21. The van der Waals surface area contributed by atoms with E-state index < -0.39 is 4.92 Å². The average molecular weight is 332 g/mol. The number of carbonyl (C=O) groups excluding carboxylic acids is 1. The van der Waals surface area contributed by atoms with Gasteiger partial charge in [0.1, 0.15) is 0 Å². The highest BCUT2D eigenvalue weighted by Crippen LogP contribution is 2.31. The molecular formula is C16H14ClN3O3. The molecule has 0 radical (unpaired) electrons. The Hall–Kier alpha value is -2.60. The quantitative estimate of drug-likeness (QED) is 0.660. The summed E-state index contributed by atoms with van der Waals surface area (Å²) < 4.78 is 0. The van der Waals surface area contributed by atoms with E-state index >= 15 is 0 Å². The fraction of sp³-hybridized carbons (Fsp3) is 0.188. The molecule has 2 aromatic rings. The van der Waals surface area contributed by atoms with E-state index in [2.05, 4.69) is 5.32 Å². The molecule has 2 amide bonds. The summed E-state index contributed by atoms with van der Waals surface area (Å²) in [6.07, 6.45) is 1.62. The zero-order chi connectivity index (χ0) is 16.4. The zero-order valence-electron chi connectivity index (χ0n) is 12.2. The van der Waals surface area contributed by atoms with Crippen LogP contribution in [0, 0.1) is 10.1 Å². The standard InChI is InChI=1S/C16H14ClN3O3/c17-12-4-6-13(7-5-12)18-16(21)19-9-1-2-11-3-8-14(20(22)23)10-15(11)19/h3-8,10H,1-2,9H2,(H,18,21). The van der Waals surface area contributed by atoms with Crippen LogP contribution in [0.1, 0.15) is 12.0 Å². The van der Waals surface area contributed by atoms with Crippen LogP contribution in [0.2, 0.25) is 5.02 Å². The Morgan fingerprint density at radius 1 is 1.22 bits per heavy atom. The van der Waals surface area contributed by atoms with Gasteiger partial charge < -0.3 is 5.32 Å². The van der Waals surface area contributed by atoms with Crippen LogP contribution < -0.4 is 10.2 Å². The summed E-state index contributed by atoms with van der Waals surface area (Å²) in [6, 6.07) is 11.1. The maximum Gasteiger partial charge on any atom is 0.326 e. The first-order valence-corrected chi connectivity index (χ1v) is 7.54. The molecule has 0 atom stereocenters. The van der Waals surface area contributed by atoms with E-state index in [1.807, 2.05) is 0 Å². The van der Waals surface area contributed by atoms with Crippen molar-refractivity contribution in [3.8, 4) is 0 Å². The topological polar surface area (TPSA) is 75.5 Å². The number of halogens is 1. The molecule has 0 saturated carbocycles. The van der Waals surface area contributed by atoms with E-state index in [1.54, 1.807) is 35.2 Å². The van der Waals surface area contributed by atoms with Crippen molar-refractivity contribution < 1.29 is 9.72 Å². The van der Waals surface area contributed by atoms with Gasteiger partial charge in [-0.1, -0.05) is 17.7 Å². The van der Waals surface area contributed by atoms with Crippen LogP contribution in [0.25, 0.3) is 0 Å². The molecule has 0 fully saturated rings. The number of nitro benzene ring substituents is 1. The molecular weight excluding hydrogens is 318 g/mol. The Labute approximate surface area is 137 Å². The third-order valence-electron chi connectivity index (χ3n) is 3.74. The Balaban J connectivity index is 1.86. The number of anilines is 2. The normalized spacial score (nSPS) is 13.3. The summed E-state index contributed by atoms with van der Waals surface area (Å²) in [7, 11) is 0. The lowest BCUT2D eigenvalue weighted by atomic mass is 10.0. The number of benzene rings is 2. The third-order valence-corrected chi connectivity index (χ3v) is 3.99. The van der Waals surface area contributed by atoms with Gasteiger partial charge in [0.15, 0.2) is 0 Å². The minimum Gasteiger partial charge on any atom is -0.308 e. The number of aryl methyl sites for hydroxylation is 1. The monoisotopic (exact) mass is 331 g/mol. The second-order valence-corrected chi connectivity index (χ2v) is 5.70. The number of hydrogen-bond donors (Lipinski definition) is 1. The van der Waals surface area contributed by atoms with E-state index in [0.29, 0.717) is 22.9 Å². The molecule has 2 aromatic carbocycles. The molecule has 3 rings (SSSR count). The van der Waals surface area contributed by atoms with Crippen LogP contribution in [0.3, 0.4) is 0 Å². The van der Waals surface area contributed by atoms with E-state index in [4.69, 9.17) is 11.6 Å². The molecule has 1 aliphatic rings. The van der Waals surface area contributed by atoms with Crippen LogP contribution in [0.4, 0.5) is 21.9 Å². The van der Waals surface area contributed by atoms with Crippen molar-refractivity contribution in [1.29, 1.82) is 0 Å². The summed E-state index contributed by atoms with van der Waals surface area (Å²) in [4.78, 5) is 24.6. The predicted octanol–water partition coefficient (Wildman–Crippen LogP) is 4.23. The van der Waals surface area contributed by atoms with E-state index in [-0.39, 0.29) is 11.7 Å². The third kappa shape index (κ3) is 3.27. The molecule has 0 aliphatic carbocycles. The minimum absolute atomic E-state index is 0.0186. The number of hydrogen-bond acceptors (Lipinski definition) is 3. The second-order valence-electron chi connectivity index (χ2n) is 5.26. The lowest BCUT2D eigenvalue weighted by Crippen LogP contribution is -2.38. The number of carbonyl (C=O) groups is 1. The Morgan fingerprint density at radius 3 is 2.65 bits per heavy atom. The number of nitrogens with zero attached hydrogens (tertiary/aromatic N) is 2. The van der Waals surface area contributed by atoms with Gasteiger partial charge in [-0.3, -0.25) is 15.0 Å². The minimum atomic E-state index is -0.454. The van der Waals surface area contributed by atoms with Gasteiger partial charge in [0.25, 0.3) is 5.69 Å².